The van der Waals surface area contributed by atoms with Crippen molar-refractivity contribution in [1.82, 2.24) is 9.78 Å². The van der Waals surface area contributed by atoms with Gasteiger partial charge in [-0.2, -0.15) is 13.5 Å². The molecule has 0 unspecified atom stereocenters. The van der Waals surface area contributed by atoms with Crippen molar-refractivity contribution in [3.63, 3.8) is 0 Å². The zero-order valence-electron chi connectivity index (χ0n) is 10.7. The van der Waals surface area contributed by atoms with Crippen molar-refractivity contribution in [2.45, 2.75) is 18.7 Å². The number of aromatic nitrogens is 2. The molecule has 2 aromatic rings. The number of benzene rings is 1. The highest BCUT2D eigenvalue weighted by Gasteiger charge is 2.27. The maximum Gasteiger partial charge on any atom is 0.344 e. The van der Waals surface area contributed by atoms with Crippen LogP contribution in [0, 0.1) is 13.8 Å². The lowest BCUT2D eigenvalue weighted by Crippen LogP contribution is -2.11. The van der Waals surface area contributed by atoms with Crippen LogP contribution in [0.3, 0.4) is 0 Å². The molecule has 0 aliphatic heterocycles. The summed E-state index contributed by atoms with van der Waals surface area (Å²) >= 11 is 5.95. The van der Waals surface area contributed by atoms with Gasteiger partial charge in [-0.15, -0.1) is 0 Å². The van der Waals surface area contributed by atoms with E-state index in [4.69, 9.17) is 15.8 Å². The molecule has 2 rings (SSSR count). The highest BCUT2D eigenvalue weighted by molar-refractivity contribution is 7.87. The average Bonchev–Trinajstić information content (AvgIpc) is 2.56. The van der Waals surface area contributed by atoms with Gasteiger partial charge < -0.3 is 4.18 Å². The van der Waals surface area contributed by atoms with Gasteiger partial charge in [0.15, 0.2) is 4.90 Å². The van der Waals surface area contributed by atoms with Crippen LogP contribution in [0.25, 0.3) is 0 Å². The van der Waals surface area contributed by atoms with Gasteiger partial charge in [-0.05, 0) is 25.5 Å². The van der Waals surface area contributed by atoms with Gasteiger partial charge >= 0.3 is 10.1 Å². The quantitative estimate of drug-likeness (QED) is 0.817. The Bertz CT molecular complexity index is 723. The fourth-order valence-corrected chi connectivity index (χ4v) is 3.41. The fourth-order valence-electron chi connectivity index (χ4n) is 1.70. The number of rotatable bonds is 3. The molecule has 102 valence electrons. The van der Waals surface area contributed by atoms with Crippen LogP contribution in [0.4, 0.5) is 0 Å². The summed E-state index contributed by atoms with van der Waals surface area (Å²) in [5.41, 5.74) is 1.03. The molecule has 1 heterocycles. The Hall–Kier alpha value is -1.53. The maximum absolute atomic E-state index is 12.2. The number of hydrogen-bond acceptors (Lipinski definition) is 4. The molecule has 0 radical (unpaired) electrons. The summed E-state index contributed by atoms with van der Waals surface area (Å²) in [6.45, 7) is 3.34. The van der Waals surface area contributed by atoms with Gasteiger partial charge in [0.2, 0.25) is 0 Å². The van der Waals surface area contributed by atoms with Crippen LogP contribution in [-0.4, -0.2) is 18.2 Å². The van der Waals surface area contributed by atoms with E-state index in [0.717, 1.165) is 5.56 Å². The molecule has 19 heavy (non-hydrogen) atoms. The maximum atomic E-state index is 12.2. The SMILES string of the molecule is Cc1ccccc1OS(=O)(=O)c1c(C)nn(C)c1Cl. The molecule has 0 aliphatic carbocycles. The summed E-state index contributed by atoms with van der Waals surface area (Å²) in [5.74, 6) is 0.279. The second-order valence-corrected chi connectivity index (χ2v) is 5.97. The predicted octanol–water partition coefficient (Wildman–Crippen LogP) is 2.46. The molecule has 0 saturated carbocycles. The Kier molecular flexibility index (Phi) is 3.56. The second-order valence-electron chi connectivity index (χ2n) is 4.13. The Labute approximate surface area is 116 Å². The van der Waals surface area contributed by atoms with Crippen molar-refractivity contribution in [3.05, 3.63) is 40.7 Å². The number of halogens is 1. The van der Waals surface area contributed by atoms with Crippen LogP contribution < -0.4 is 4.18 Å². The number of aryl methyl sites for hydroxylation is 3. The third-order valence-electron chi connectivity index (χ3n) is 2.64. The third kappa shape index (κ3) is 2.59. The largest absolute Gasteiger partial charge is 0.379 e. The monoisotopic (exact) mass is 300 g/mol. The molecule has 5 nitrogen and oxygen atoms in total. The standard InChI is InChI=1S/C12H13ClN2O3S/c1-8-6-4-5-7-10(8)18-19(16,17)11-9(2)14-15(3)12(11)13/h4-7H,1-3H3. The molecule has 0 spiro atoms. The summed E-state index contributed by atoms with van der Waals surface area (Å²) in [6, 6.07) is 6.86. The number of nitrogens with zero attached hydrogens (tertiary/aromatic N) is 2. The van der Waals surface area contributed by atoms with E-state index in [9.17, 15) is 8.42 Å². The van der Waals surface area contributed by atoms with Gasteiger partial charge in [0.25, 0.3) is 0 Å². The van der Waals surface area contributed by atoms with Gasteiger partial charge in [0.1, 0.15) is 10.9 Å². The first-order chi connectivity index (χ1) is 8.83. The van der Waals surface area contributed by atoms with Gasteiger partial charge in [0.05, 0.1) is 5.69 Å². The van der Waals surface area contributed by atoms with Crippen LogP contribution in [0.5, 0.6) is 5.75 Å². The lowest BCUT2D eigenvalue weighted by Gasteiger charge is -2.08. The van der Waals surface area contributed by atoms with E-state index in [1.54, 1.807) is 45.2 Å². The zero-order chi connectivity index (χ0) is 14.2. The summed E-state index contributed by atoms with van der Waals surface area (Å²) in [5, 5.41) is 4.00. The first-order valence-corrected chi connectivity index (χ1v) is 7.31. The fraction of sp³-hybridized carbons (Fsp3) is 0.250. The van der Waals surface area contributed by atoms with Crippen LogP contribution in [0.15, 0.2) is 29.2 Å². The Morgan fingerprint density at radius 1 is 1.26 bits per heavy atom. The molecule has 0 amide bonds. The number of hydrogen-bond donors (Lipinski definition) is 0. The molecule has 0 fully saturated rings. The second kappa shape index (κ2) is 4.86. The smallest absolute Gasteiger partial charge is 0.344 e. The van der Waals surface area contributed by atoms with Crippen LogP contribution in [-0.2, 0) is 17.2 Å². The van der Waals surface area contributed by atoms with E-state index in [1.165, 1.54) is 4.68 Å². The van der Waals surface area contributed by atoms with Gasteiger partial charge in [0, 0.05) is 7.05 Å². The molecule has 0 bridgehead atoms. The molecule has 1 aromatic heterocycles. The lowest BCUT2D eigenvalue weighted by molar-refractivity contribution is 0.483. The minimum absolute atomic E-state index is 0.0334. The van der Waals surface area contributed by atoms with Gasteiger partial charge in [-0.1, -0.05) is 29.8 Å². The van der Waals surface area contributed by atoms with Crippen molar-refractivity contribution in [3.8, 4) is 5.75 Å². The Balaban J connectivity index is 2.47. The summed E-state index contributed by atoms with van der Waals surface area (Å²) in [4.78, 5) is -0.0973. The number of para-hydroxylation sites is 1. The van der Waals surface area contributed by atoms with E-state index < -0.39 is 10.1 Å². The Morgan fingerprint density at radius 2 is 1.89 bits per heavy atom. The van der Waals surface area contributed by atoms with E-state index in [0.29, 0.717) is 5.69 Å². The summed E-state index contributed by atoms with van der Waals surface area (Å²) in [6.07, 6.45) is 0. The lowest BCUT2D eigenvalue weighted by atomic mass is 10.2. The minimum atomic E-state index is -3.99. The molecular weight excluding hydrogens is 288 g/mol. The predicted molar refractivity (Wildman–Crippen MR) is 71.9 cm³/mol. The summed E-state index contributed by atoms with van der Waals surface area (Å²) in [7, 11) is -2.42. The normalized spacial score (nSPS) is 11.6. The first kappa shape index (κ1) is 13.9. The highest BCUT2D eigenvalue weighted by Crippen LogP contribution is 2.28. The van der Waals surface area contributed by atoms with Crippen molar-refractivity contribution >= 4 is 21.7 Å². The molecule has 1 aromatic carbocycles. The van der Waals surface area contributed by atoms with Crippen LogP contribution in [0.2, 0.25) is 5.15 Å². The molecule has 7 heteroatoms. The molecule has 0 atom stereocenters. The Morgan fingerprint density at radius 3 is 2.42 bits per heavy atom. The molecule has 0 N–H and O–H groups in total. The zero-order valence-corrected chi connectivity index (χ0v) is 12.3. The van der Waals surface area contributed by atoms with Gasteiger partial charge in [-0.25, -0.2) is 0 Å². The highest BCUT2D eigenvalue weighted by atomic mass is 35.5. The van der Waals surface area contributed by atoms with E-state index >= 15 is 0 Å². The third-order valence-corrected chi connectivity index (χ3v) is 4.58. The van der Waals surface area contributed by atoms with Crippen LogP contribution in [0.1, 0.15) is 11.3 Å². The average molecular weight is 301 g/mol. The van der Waals surface area contributed by atoms with E-state index in [-0.39, 0.29) is 15.8 Å². The van der Waals surface area contributed by atoms with Crippen molar-refractivity contribution in [1.29, 1.82) is 0 Å². The topological polar surface area (TPSA) is 61.2 Å². The van der Waals surface area contributed by atoms with Gasteiger partial charge in [-0.3, -0.25) is 4.68 Å². The molecular formula is C12H13ClN2O3S. The first-order valence-electron chi connectivity index (χ1n) is 5.52. The van der Waals surface area contributed by atoms with E-state index in [2.05, 4.69) is 5.10 Å². The van der Waals surface area contributed by atoms with E-state index in [1.807, 2.05) is 0 Å². The summed E-state index contributed by atoms with van der Waals surface area (Å²) < 4.78 is 30.9. The molecule has 0 saturated heterocycles. The van der Waals surface area contributed by atoms with Crippen molar-refractivity contribution < 1.29 is 12.6 Å². The minimum Gasteiger partial charge on any atom is -0.379 e. The molecule has 0 aliphatic rings. The van der Waals surface area contributed by atoms with Crippen molar-refractivity contribution in [2.24, 2.45) is 7.05 Å². The van der Waals surface area contributed by atoms with Crippen molar-refractivity contribution in [2.75, 3.05) is 0 Å². The van der Waals surface area contributed by atoms with Crippen LogP contribution >= 0.6 is 11.6 Å².